The molecule has 0 unspecified atom stereocenters. The molecule has 0 aliphatic carbocycles. The molecule has 2 aliphatic heterocycles. The number of amides is 2. The molecule has 10 heteroatoms. The standard InChI is InChI=1S/C24H24N6O3S/c31-22-21(34-24(32)29-22)12-18-5-8-26-23(28-18)30-9-6-16(7-10-30)13-25-15-19-4-3-17(14-27-19)20-2-1-11-33-20/h1-5,8,11-12,14,16,25H,6-7,9-10,13,15H2,(H,29,31,32)/b21-12+. The Morgan fingerprint density at radius 3 is 2.76 bits per heavy atom. The van der Waals surface area contributed by atoms with E-state index >= 15 is 0 Å². The van der Waals surface area contributed by atoms with E-state index in [4.69, 9.17) is 4.42 Å². The molecule has 0 bridgehead atoms. The maximum Gasteiger partial charge on any atom is 0.290 e. The lowest BCUT2D eigenvalue weighted by molar-refractivity contribution is -0.115. The smallest absolute Gasteiger partial charge is 0.290 e. The molecule has 174 valence electrons. The number of carbonyl (C=O) groups excluding carboxylic acids is 2. The molecule has 2 N–H and O–H groups in total. The topological polar surface area (TPSA) is 113 Å². The quantitative estimate of drug-likeness (QED) is 0.495. The second kappa shape index (κ2) is 10.2. The Bertz CT molecular complexity index is 1190. The number of thioether (sulfide) groups is 1. The van der Waals surface area contributed by atoms with Gasteiger partial charge in [-0.2, -0.15) is 0 Å². The number of furan rings is 1. The van der Waals surface area contributed by atoms with Gasteiger partial charge in [-0.3, -0.25) is 19.9 Å². The van der Waals surface area contributed by atoms with Gasteiger partial charge in [-0.15, -0.1) is 0 Å². The summed E-state index contributed by atoms with van der Waals surface area (Å²) in [4.78, 5) is 39.1. The number of aromatic nitrogens is 3. The lowest BCUT2D eigenvalue weighted by Gasteiger charge is -2.32. The Hall–Kier alpha value is -3.50. The molecule has 0 aromatic carbocycles. The van der Waals surface area contributed by atoms with Crippen molar-refractivity contribution in [1.29, 1.82) is 0 Å². The van der Waals surface area contributed by atoms with Crippen LogP contribution in [0.25, 0.3) is 17.4 Å². The molecule has 2 fully saturated rings. The Balaban J connectivity index is 1.09. The number of pyridine rings is 1. The van der Waals surface area contributed by atoms with E-state index in [9.17, 15) is 9.59 Å². The first-order valence-electron chi connectivity index (χ1n) is 11.2. The summed E-state index contributed by atoms with van der Waals surface area (Å²) < 4.78 is 5.40. The van der Waals surface area contributed by atoms with Crippen LogP contribution in [0.3, 0.4) is 0 Å². The van der Waals surface area contributed by atoms with E-state index in [0.717, 1.165) is 67.8 Å². The maximum absolute atomic E-state index is 11.8. The van der Waals surface area contributed by atoms with Gasteiger partial charge < -0.3 is 14.6 Å². The number of hydrogen-bond donors (Lipinski definition) is 2. The summed E-state index contributed by atoms with van der Waals surface area (Å²) in [7, 11) is 0. The van der Waals surface area contributed by atoms with Crippen molar-refractivity contribution < 1.29 is 14.0 Å². The van der Waals surface area contributed by atoms with E-state index in [0.29, 0.717) is 22.5 Å². The van der Waals surface area contributed by atoms with Crippen LogP contribution >= 0.6 is 11.8 Å². The molecular formula is C24H24N6O3S. The third-order valence-electron chi connectivity index (χ3n) is 5.85. The highest BCUT2D eigenvalue weighted by Gasteiger charge is 2.25. The second-order valence-corrected chi connectivity index (χ2v) is 9.23. The minimum atomic E-state index is -0.382. The molecule has 5 rings (SSSR count). The van der Waals surface area contributed by atoms with Crippen LogP contribution in [0.1, 0.15) is 24.2 Å². The highest BCUT2D eigenvalue weighted by Crippen LogP contribution is 2.26. The van der Waals surface area contributed by atoms with Gasteiger partial charge in [0.2, 0.25) is 5.95 Å². The van der Waals surface area contributed by atoms with E-state index < -0.39 is 0 Å². The normalized spacial score (nSPS) is 18.0. The number of anilines is 1. The minimum absolute atomic E-state index is 0.351. The van der Waals surface area contributed by atoms with Crippen LogP contribution in [-0.4, -0.2) is 45.7 Å². The summed E-state index contributed by atoms with van der Waals surface area (Å²) in [5.41, 5.74) is 2.59. The van der Waals surface area contributed by atoms with Crippen molar-refractivity contribution in [1.82, 2.24) is 25.6 Å². The molecule has 0 radical (unpaired) electrons. The van der Waals surface area contributed by atoms with Crippen molar-refractivity contribution in [2.45, 2.75) is 19.4 Å². The lowest BCUT2D eigenvalue weighted by Crippen LogP contribution is -2.38. The molecule has 9 nitrogen and oxygen atoms in total. The van der Waals surface area contributed by atoms with Crippen LogP contribution < -0.4 is 15.5 Å². The number of piperidine rings is 1. The Labute approximate surface area is 201 Å². The first kappa shape index (κ1) is 22.3. The van der Waals surface area contributed by atoms with Crippen LogP contribution in [0.2, 0.25) is 0 Å². The van der Waals surface area contributed by atoms with Gasteiger partial charge in [-0.25, -0.2) is 9.97 Å². The molecule has 0 spiro atoms. The van der Waals surface area contributed by atoms with Crippen molar-refractivity contribution in [3.05, 3.63) is 65.3 Å². The third kappa shape index (κ3) is 5.35. The van der Waals surface area contributed by atoms with Crippen LogP contribution in [0.15, 0.2) is 58.3 Å². The van der Waals surface area contributed by atoms with Crippen molar-refractivity contribution >= 4 is 34.9 Å². The monoisotopic (exact) mass is 476 g/mol. The number of hydrogen-bond acceptors (Lipinski definition) is 9. The zero-order chi connectivity index (χ0) is 23.3. The summed E-state index contributed by atoms with van der Waals surface area (Å²) in [5.74, 6) is 1.67. The minimum Gasteiger partial charge on any atom is -0.464 e. The Morgan fingerprint density at radius 2 is 2.06 bits per heavy atom. The van der Waals surface area contributed by atoms with Gasteiger partial charge in [0.05, 0.1) is 22.6 Å². The van der Waals surface area contributed by atoms with Crippen molar-refractivity contribution in [3.8, 4) is 11.3 Å². The van der Waals surface area contributed by atoms with E-state index in [2.05, 4.69) is 30.5 Å². The molecular weight excluding hydrogens is 452 g/mol. The van der Waals surface area contributed by atoms with Gasteiger partial charge in [0.25, 0.3) is 11.1 Å². The van der Waals surface area contributed by atoms with Crippen LogP contribution in [0.4, 0.5) is 10.7 Å². The predicted octanol–water partition coefficient (Wildman–Crippen LogP) is 3.46. The van der Waals surface area contributed by atoms with Crippen molar-refractivity contribution in [2.24, 2.45) is 5.92 Å². The van der Waals surface area contributed by atoms with E-state index in [1.807, 2.05) is 30.5 Å². The largest absolute Gasteiger partial charge is 0.464 e. The highest BCUT2D eigenvalue weighted by molar-refractivity contribution is 8.18. The maximum atomic E-state index is 11.8. The fourth-order valence-electron chi connectivity index (χ4n) is 4.01. The number of carbonyl (C=O) groups is 2. The van der Waals surface area contributed by atoms with Crippen LogP contribution in [0, 0.1) is 5.92 Å². The van der Waals surface area contributed by atoms with Crippen LogP contribution in [-0.2, 0) is 11.3 Å². The summed E-state index contributed by atoms with van der Waals surface area (Å²) >= 11 is 0.888. The number of nitrogens with one attached hydrogen (secondary N) is 2. The van der Waals surface area contributed by atoms with Gasteiger partial charge in [0.15, 0.2) is 0 Å². The number of imide groups is 1. The second-order valence-electron chi connectivity index (χ2n) is 8.21. The average Bonchev–Trinajstić information content (AvgIpc) is 3.50. The molecule has 5 heterocycles. The molecule has 34 heavy (non-hydrogen) atoms. The first-order valence-corrected chi connectivity index (χ1v) is 12.0. The number of rotatable bonds is 7. The SMILES string of the molecule is O=C1NC(=O)/C(=C\c2ccnc(N3CCC(CNCc4ccc(-c5ccco5)cn4)CC3)n2)S1. The predicted molar refractivity (Wildman–Crippen MR) is 130 cm³/mol. The first-order chi connectivity index (χ1) is 16.6. The molecule has 2 amide bonds. The summed E-state index contributed by atoms with van der Waals surface area (Å²) in [6.45, 7) is 3.40. The summed E-state index contributed by atoms with van der Waals surface area (Å²) in [6.07, 6.45) is 8.90. The molecule has 3 aromatic heterocycles. The van der Waals surface area contributed by atoms with Gasteiger partial charge >= 0.3 is 0 Å². The zero-order valence-electron chi connectivity index (χ0n) is 18.4. The third-order valence-corrected chi connectivity index (χ3v) is 6.66. The van der Waals surface area contributed by atoms with Crippen molar-refractivity contribution in [3.63, 3.8) is 0 Å². The molecule has 0 atom stereocenters. The molecule has 0 saturated carbocycles. The number of nitrogens with zero attached hydrogens (tertiary/aromatic N) is 4. The Morgan fingerprint density at radius 1 is 1.18 bits per heavy atom. The van der Waals surface area contributed by atoms with E-state index in [1.165, 1.54) is 0 Å². The van der Waals surface area contributed by atoms with E-state index in [1.54, 1.807) is 24.6 Å². The zero-order valence-corrected chi connectivity index (χ0v) is 19.3. The summed E-state index contributed by atoms with van der Waals surface area (Å²) in [5, 5.41) is 5.42. The fraction of sp³-hybridized carbons (Fsp3) is 0.292. The molecule has 2 aliphatic rings. The fourth-order valence-corrected chi connectivity index (χ4v) is 4.68. The average molecular weight is 477 g/mol. The summed E-state index contributed by atoms with van der Waals surface area (Å²) in [6, 6.07) is 9.58. The highest BCUT2D eigenvalue weighted by atomic mass is 32.2. The van der Waals surface area contributed by atoms with Gasteiger partial charge in [-0.05, 0) is 73.5 Å². The van der Waals surface area contributed by atoms with Crippen molar-refractivity contribution in [2.75, 3.05) is 24.5 Å². The Kier molecular flexibility index (Phi) is 6.68. The molecule has 3 aromatic rings. The van der Waals surface area contributed by atoms with Crippen LogP contribution in [0.5, 0.6) is 0 Å². The molecule has 2 saturated heterocycles. The van der Waals surface area contributed by atoms with E-state index in [-0.39, 0.29) is 11.1 Å². The lowest BCUT2D eigenvalue weighted by atomic mass is 9.97. The van der Waals surface area contributed by atoms with Gasteiger partial charge in [0, 0.05) is 37.6 Å². The van der Waals surface area contributed by atoms with Gasteiger partial charge in [-0.1, -0.05) is 0 Å². The van der Waals surface area contributed by atoms with Gasteiger partial charge in [0.1, 0.15) is 5.76 Å².